The molecule has 0 saturated carbocycles. The summed E-state index contributed by atoms with van der Waals surface area (Å²) in [4.78, 5) is 17.7. The van der Waals surface area contributed by atoms with Crippen molar-refractivity contribution in [2.45, 2.75) is 5.25 Å². The van der Waals surface area contributed by atoms with Gasteiger partial charge in [0.15, 0.2) is 5.25 Å². The van der Waals surface area contributed by atoms with Gasteiger partial charge in [-0.15, -0.1) is 0 Å². The van der Waals surface area contributed by atoms with Crippen LogP contribution in [0.3, 0.4) is 0 Å². The minimum Gasteiger partial charge on any atom is -0.480 e. The Balaban J connectivity index is 2.50. The number of rotatable bonds is 2. The van der Waals surface area contributed by atoms with Crippen molar-refractivity contribution in [1.82, 2.24) is 9.97 Å². The second-order valence-corrected chi connectivity index (χ2v) is 3.40. The maximum Gasteiger partial charge on any atom is 0.324 e. The van der Waals surface area contributed by atoms with Gasteiger partial charge in [0.1, 0.15) is 5.82 Å². The highest BCUT2D eigenvalue weighted by atomic mass is 32.1. The zero-order valence-corrected chi connectivity index (χ0v) is 8.03. The van der Waals surface area contributed by atoms with Gasteiger partial charge in [-0.3, -0.25) is 4.79 Å². The lowest BCUT2D eigenvalue weighted by Gasteiger charge is -1.98. The van der Waals surface area contributed by atoms with Gasteiger partial charge in [0, 0.05) is 0 Å². The number of thiol groups is 1. The second-order valence-electron chi connectivity index (χ2n) is 2.88. The van der Waals surface area contributed by atoms with E-state index in [1.807, 2.05) is 24.3 Å². The molecule has 72 valence electrons. The number of fused-ring (bicyclic) bond motifs is 1. The highest BCUT2D eigenvalue weighted by Gasteiger charge is 2.18. The van der Waals surface area contributed by atoms with Crippen LogP contribution in [0.4, 0.5) is 0 Å². The van der Waals surface area contributed by atoms with Crippen LogP contribution in [0.25, 0.3) is 11.0 Å². The van der Waals surface area contributed by atoms with Crippen molar-refractivity contribution >= 4 is 29.6 Å². The molecule has 0 aliphatic heterocycles. The highest BCUT2D eigenvalue weighted by Crippen LogP contribution is 2.20. The summed E-state index contributed by atoms with van der Waals surface area (Å²) in [5, 5.41) is 7.82. The predicted octanol–water partition coefficient (Wildman–Crippen LogP) is 1.62. The number of H-pyrrole nitrogens is 1. The van der Waals surface area contributed by atoms with Crippen molar-refractivity contribution in [2.75, 3.05) is 0 Å². The summed E-state index contributed by atoms with van der Waals surface area (Å²) in [5.41, 5.74) is 1.57. The van der Waals surface area contributed by atoms with E-state index >= 15 is 0 Å². The van der Waals surface area contributed by atoms with E-state index in [0.717, 1.165) is 11.0 Å². The van der Waals surface area contributed by atoms with E-state index in [1.165, 1.54) is 0 Å². The number of para-hydroxylation sites is 2. The Kier molecular flexibility index (Phi) is 2.17. The number of hydrogen-bond donors (Lipinski definition) is 3. The minimum atomic E-state index is -1.01. The topological polar surface area (TPSA) is 66.0 Å². The standard InChI is InChI=1S/C9H8N2O2S/c12-9(13)7(14)8-10-5-3-1-2-4-6(5)11-8/h1-4,7,14H,(H,10,11)(H,12,13). The van der Waals surface area contributed by atoms with E-state index < -0.39 is 11.2 Å². The van der Waals surface area contributed by atoms with E-state index in [2.05, 4.69) is 22.6 Å². The predicted molar refractivity (Wildman–Crippen MR) is 55.5 cm³/mol. The van der Waals surface area contributed by atoms with Crippen molar-refractivity contribution in [3.8, 4) is 0 Å². The van der Waals surface area contributed by atoms with Gasteiger partial charge in [0.05, 0.1) is 11.0 Å². The SMILES string of the molecule is O=C(O)C(S)c1nc2ccccc2[nH]1. The van der Waals surface area contributed by atoms with Crippen LogP contribution >= 0.6 is 12.6 Å². The van der Waals surface area contributed by atoms with E-state index in [9.17, 15) is 4.79 Å². The fourth-order valence-corrected chi connectivity index (χ4v) is 1.34. The third kappa shape index (κ3) is 1.46. The Morgan fingerprint density at radius 2 is 2.21 bits per heavy atom. The number of aliphatic carboxylic acids is 1. The number of nitrogens with zero attached hydrogens (tertiary/aromatic N) is 1. The van der Waals surface area contributed by atoms with Crippen LogP contribution in [0, 0.1) is 0 Å². The van der Waals surface area contributed by atoms with E-state index in [-0.39, 0.29) is 0 Å². The van der Waals surface area contributed by atoms with Crippen molar-refractivity contribution in [2.24, 2.45) is 0 Å². The molecule has 0 amide bonds. The first-order chi connectivity index (χ1) is 6.68. The van der Waals surface area contributed by atoms with Gasteiger partial charge in [-0.1, -0.05) is 12.1 Å². The zero-order chi connectivity index (χ0) is 10.1. The van der Waals surface area contributed by atoms with Gasteiger partial charge < -0.3 is 10.1 Å². The molecule has 2 N–H and O–H groups in total. The molecule has 2 rings (SSSR count). The third-order valence-electron chi connectivity index (χ3n) is 1.90. The molecule has 2 aromatic rings. The molecule has 1 heterocycles. The monoisotopic (exact) mass is 208 g/mol. The van der Waals surface area contributed by atoms with Crippen LogP contribution in [-0.4, -0.2) is 21.0 Å². The summed E-state index contributed by atoms with van der Waals surface area (Å²) in [7, 11) is 0. The summed E-state index contributed by atoms with van der Waals surface area (Å²) in [6, 6.07) is 7.37. The first-order valence-electron chi connectivity index (χ1n) is 4.04. The number of nitrogens with one attached hydrogen (secondary N) is 1. The summed E-state index contributed by atoms with van der Waals surface area (Å²) < 4.78 is 0. The maximum atomic E-state index is 10.6. The fraction of sp³-hybridized carbons (Fsp3) is 0.111. The molecule has 14 heavy (non-hydrogen) atoms. The smallest absolute Gasteiger partial charge is 0.324 e. The molecular formula is C9H8N2O2S. The van der Waals surface area contributed by atoms with Crippen molar-refractivity contribution in [3.05, 3.63) is 30.1 Å². The van der Waals surface area contributed by atoms with Crippen molar-refractivity contribution < 1.29 is 9.90 Å². The van der Waals surface area contributed by atoms with Gasteiger partial charge in [-0.25, -0.2) is 4.98 Å². The Hall–Kier alpha value is -1.49. The number of carboxylic acids is 1. The molecule has 0 bridgehead atoms. The van der Waals surface area contributed by atoms with E-state index in [4.69, 9.17) is 5.11 Å². The molecule has 1 atom stereocenters. The number of carbonyl (C=O) groups is 1. The van der Waals surface area contributed by atoms with Gasteiger partial charge in [0.25, 0.3) is 0 Å². The van der Waals surface area contributed by atoms with Crippen LogP contribution < -0.4 is 0 Å². The lowest BCUT2D eigenvalue weighted by atomic mass is 10.3. The fourth-order valence-electron chi connectivity index (χ4n) is 1.22. The van der Waals surface area contributed by atoms with E-state index in [1.54, 1.807) is 0 Å². The molecular weight excluding hydrogens is 200 g/mol. The Morgan fingerprint density at radius 3 is 2.86 bits per heavy atom. The molecule has 5 heteroatoms. The van der Waals surface area contributed by atoms with Gasteiger partial charge in [-0.05, 0) is 12.1 Å². The number of aromatic nitrogens is 2. The van der Waals surface area contributed by atoms with Crippen LogP contribution in [-0.2, 0) is 4.79 Å². The van der Waals surface area contributed by atoms with Crippen LogP contribution in [0.15, 0.2) is 24.3 Å². The first kappa shape index (κ1) is 9.08. The summed E-state index contributed by atoms with van der Waals surface area (Å²) in [6.45, 7) is 0. The summed E-state index contributed by atoms with van der Waals surface area (Å²) in [6.07, 6.45) is 0. The summed E-state index contributed by atoms with van der Waals surface area (Å²) >= 11 is 3.93. The maximum absolute atomic E-state index is 10.6. The first-order valence-corrected chi connectivity index (χ1v) is 4.55. The minimum absolute atomic E-state index is 0.363. The molecule has 1 unspecified atom stereocenters. The average molecular weight is 208 g/mol. The lowest BCUT2D eigenvalue weighted by Crippen LogP contribution is -2.06. The van der Waals surface area contributed by atoms with Gasteiger partial charge >= 0.3 is 5.97 Å². The third-order valence-corrected chi connectivity index (χ3v) is 2.37. The van der Waals surface area contributed by atoms with Gasteiger partial charge in [0.2, 0.25) is 0 Å². The Morgan fingerprint density at radius 1 is 1.50 bits per heavy atom. The molecule has 1 aromatic carbocycles. The zero-order valence-electron chi connectivity index (χ0n) is 7.14. The number of imidazole rings is 1. The number of aromatic amines is 1. The van der Waals surface area contributed by atoms with Crippen LogP contribution in [0.2, 0.25) is 0 Å². The molecule has 0 aliphatic rings. The van der Waals surface area contributed by atoms with Crippen molar-refractivity contribution in [1.29, 1.82) is 0 Å². The molecule has 1 aromatic heterocycles. The van der Waals surface area contributed by atoms with Crippen LogP contribution in [0.5, 0.6) is 0 Å². The van der Waals surface area contributed by atoms with Gasteiger partial charge in [-0.2, -0.15) is 12.6 Å². The number of hydrogen-bond acceptors (Lipinski definition) is 3. The lowest BCUT2D eigenvalue weighted by molar-refractivity contribution is -0.136. The number of benzene rings is 1. The van der Waals surface area contributed by atoms with Crippen LogP contribution in [0.1, 0.15) is 11.1 Å². The highest BCUT2D eigenvalue weighted by molar-refractivity contribution is 7.81. The largest absolute Gasteiger partial charge is 0.480 e. The molecule has 0 aliphatic carbocycles. The molecule has 0 spiro atoms. The normalized spacial score (nSPS) is 12.9. The van der Waals surface area contributed by atoms with E-state index in [0.29, 0.717) is 5.82 Å². The average Bonchev–Trinajstić information content (AvgIpc) is 2.59. The summed E-state index contributed by atoms with van der Waals surface area (Å²) in [5.74, 6) is -0.644. The molecule has 0 fully saturated rings. The molecule has 0 saturated heterocycles. The molecule has 4 nitrogen and oxygen atoms in total. The quantitative estimate of drug-likeness (QED) is 0.657. The van der Waals surface area contributed by atoms with Crippen molar-refractivity contribution in [3.63, 3.8) is 0 Å². The second kappa shape index (κ2) is 3.34. The Labute approximate surface area is 85.4 Å². The Bertz CT molecular complexity index is 447. The molecule has 0 radical (unpaired) electrons. The number of carboxylic acid groups (broad SMARTS) is 1.